The van der Waals surface area contributed by atoms with Crippen molar-refractivity contribution in [1.29, 1.82) is 5.26 Å². The van der Waals surface area contributed by atoms with Gasteiger partial charge >= 0.3 is 0 Å². The third-order valence-electron chi connectivity index (χ3n) is 2.42. The maximum absolute atomic E-state index is 10.6. The van der Waals surface area contributed by atoms with Crippen LogP contribution in [-0.2, 0) is 6.54 Å². The minimum atomic E-state index is -0.513. The highest BCUT2D eigenvalue weighted by atomic mass is 79.9. The van der Waals surface area contributed by atoms with Gasteiger partial charge in [0.2, 0.25) is 0 Å². The van der Waals surface area contributed by atoms with Crippen LogP contribution in [0.3, 0.4) is 0 Å². The van der Waals surface area contributed by atoms with Crippen molar-refractivity contribution in [3.8, 4) is 6.07 Å². The molecule has 0 fully saturated rings. The van der Waals surface area contributed by atoms with Crippen LogP contribution in [0.5, 0.6) is 0 Å². The van der Waals surface area contributed by atoms with Gasteiger partial charge in [0, 0.05) is 23.6 Å². The van der Waals surface area contributed by atoms with Gasteiger partial charge in [-0.05, 0) is 34.1 Å². The maximum atomic E-state index is 10.6. The fourth-order valence-electron chi connectivity index (χ4n) is 1.52. The number of anilines is 1. The van der Waals surface area contributed by atoms with E-state index in [0.717, 1.165) is 8.66 Å². The molecule has 96 valence electrons. The van der Waals surface area contributed by atoms with Gasteiger partial charge in [0.25, 0.3) is 5.69 Å². The smallest absolute Gasteiger partial charge is 0.270 e. The van der Waals surface area contributed by atoms with Gasteiger partial charge in [-0.3, -0.25) is 10.1 Å². The quantitative estimate of drug-likeness (QED) is 0.677. The van der Waals surface area contributed by atoms with Crippen LogP contribution in [0.15, 0.2) is 34.1 Å². The molecular formula is C12H8BrN3O2S. The van der Waals surface area contributed by atoms with Gasteiger partial charge < -0.3 is 5.32 Å². The predicted octanol–water partition coefficient (Wildman–Crippen LogP) is 3.90. The number of thiophene rings is 1. The van der Waals surface area contributed by atoms with Gasteiger partial charge in [-0.2, -0.15) is 5.26 Å². The molecule has 0 spiro atoms. The summed E-state index contributed by atoms with van der Waals surface area (Å²) < 4.78 is 1.04. The van der Waals surface area contributed by atoms with Crippen molar-refractivity contribution < 1.29 is 4.92 Å². The van der Waals surface area contributed by atoms with Gasteiger partial charge in [-0.1, -0.05) is 0 Å². The third kappa shape index (κ3) is 3.30. The second-order valence-corrected chi connectivity index (χ2v) is 6.21. The standard InChI is InChI=1S/C12H8BrN3O2S/c13-12-4-2-10(19-12)7-15-11-3-1-9(16(17)18)5-8(11)6-14/h1-5,15H,7H2. The Bertz CT molecular complexity index is 663. The van der Waals surface area contributed by atoms with Gasteiger partial charge in [0.05, 0.1) is 20.0 Å². The summed E-state index contributed by atoms with van der Waals surface area (Å²) in [5.74, 6) is 0. The van der Waals surface area contributed by atoms with Crippen molar-refractivity contribution in [1.82, 2.24) is 0 Å². The van der Waals surface area contributed by atoms with Crippen LogP contribution in [0.25, 0.3) is 0 Å². The Morgan fingerprint density at radius 3 is 2.79 bits per heavy atom. The first-order valence-electron chi connectivity index (χ1n) is 5.27. The van der Waals surface area contributed by atoms with Crippen molar-refractivity contribution in [2.75, 3.05) is 5.32 Å². The van der Waals surface area contributed by atoms with Crippen molar-refractivity contribution in [3.05, 3.63) is 54.7 Å². The summed E-state index contributed by atoms with van der Waals surface area (Å²) in [6.45, 7) is 0.572. The predicted molar refractivity (Wildman–Crippen MR) is 77.2 cm³/mol. The molecule has 0 atom stereocenters. The zero-order chi connectivity index (χ0) is 13.8. The fourth-order valence-corrected chi connectivity index (χ4v) is 2.94. The number of nitro groups is 1. The van der Waals surface area contributed by atoms with E-state index in [4.69, 9.17) is 5.26 Å². The minimum Gasteiger partial charge on any atom is -0.379 e. The number of benzene rings is 1. The van der Waals surface area contributed by atoms with Crippen molar-refractivity contribution in [3.63, 3.8) is 0 Å². The number of nitriles is 1. The molecule has 0 aliphatic heterocycles. The second-order valence-electron chi connectivity index (χ2n) is 3.66. The van der Waals surface area contributed by atoms with Crippen LogP contribution < -0.4 is 5.32 Å². The molecule has 2 rings (SSSR count). The number of non-ortho nitro benzene ring substituents is 1. The number of hydrogen-bond donors (Lipinski definition) is 1. The number of nitrogens with one attached hydrogen (secondary N) is 1. The first-order valence-corrected chi connectivity index (χ1v) is 6.87. The SMILES string of the molecule is N#Cc1cc([N+](=O)[O-])ccc1NCc1ccc(Br)s1. The Balaban J connectivity index is 2.16. The third-order valence-corrected chi connectivity index (χ3v) is 4.04. The van der Waals surface area contributed by atoms with E-state index < -0.39 is 4.92 Å². The lowest BCUT2D eigenvalue weighted by Gasteiger charge is -2.06. The van der Waals surface area contributed by atoms with E-state index in [9.17, 15) is 10.1 Å². The summed E-state index contributed by atoms with van der Waals surface area (Å²) in [6, 6.07) is 10.1. The van der Waals surface area contributed by atoms with Crippen LogP contribution in [-0.4, -0.2) is 4.92 Å². The van der Waals surface area contributed by atoms with Crippen LogP contribution >= 0.6 is 27.3 Å². The zero-order valence-corrected chi connectivity index (χ0v) is 12.0. The fraction of sp³-hybridized carbons (Fsp3) is 0.0833. The van der Waals surface area contributed by atoms with E-state index in [1.165, 1.54) is 12.1 Å². The molecule has 0 unspecified atom stereocenters. The van der Waals surface area contributed by atoms with E-state index in [2.05, 4.69) is 21.2 Å². The van der Waals surface area contributed by atoms with Crippen LogP contribution in [0, 0.1) is 21.4 Å². The lowest BCUT2D eigenvalue weighted by molar-refractivity contribution is -0.384. The monoisotopic (exact) mass is 337 g/mol. The van der Waals surface area contributed by atoms with Crippen LogP contribution in [0.2, 0.25) is 0 Å². The Kier molecular flexibility index (Phi) is 4.14. The van der Waals surface area contributed by atoms with E-state index in [1.807, 2.05) is 18.2 Å². The highest BCUT2D eigenvalue weighted by Gasteiger charge is 2.10. The Hall–Kier alpha value is -1.91. The van der Waals surface area contributed by atoms with Crippen molar-refractivity contribution in [2.45, 2.75) is 6.54 Å². The van der Waals surface area contributed by atoms with Gasteiger partial charge in [-0.25, -0.2) is 0 Å². The average Bonchev–Trinajstić information content (AvgIpc) is 2.81. The summed E-state index contributed by atoms with van der Waals surface area (Å²) in [5.41, 5.74) is 0.781. The molecule has 0 radical (unpaired) electrons. The lowest BCUT2D eigenvalue weighted by Crippen LogP contribution is -2.00. The lowest BCUT2D eigenvalue weighted by atomic mass is 10.1. The number of hydrogen-bond acceptors (Lipinski definition) is 5. The Morgan fingerprint density at radius 1 is 1.42 bits per heavy atom. The molecule has 1 aromatic heterocycles. The highest BCUT2D eigenvalue weighted by Crippen LogP contribution is 2.25. The summed E-state index contributed by atoms with van der Waals surface area (Å²) in [5, 5.41) is 22.7. The molecule has 2 aromatic rings. The summed E-state index contributed by atoms with van der Waals surface area (Å²) in [7, 11) is 0. The first kappa shape index (κ1) is 13.5. The molecule has 0 saturated heterocycles. The number of halogens is 1. The van der Waals surface area contributed by atoms with Crippen molar-refractivity contribution in [2.24, 2.45) is 0 Å². The average molecular weight is 338 g/mol. The molecule has 1 aromatic carbocycles. The molecule has 1 N–H and O–H groups in total. The molecule has 0 saturated carbocycles. The molecule has 1 heterocycles. The van der Waals surface area contributed by atoms with E-state index in [-0.39, 0.29) is 11.3 Å². The summed E-state index contributed by atoms with van der Waals surface area (Å²) in [4.78, 5) is 11.2. The van der Waals surface area contributed by atoms with Crippen LogP contribution in [0.1, 0.15) is 10.4 Å². The number of rotatable bonds is 4. The summed E-state index contributed by atoms with van der Waals surface area (Å²) in [6.07, 6.45) is 0. The Labute approximate surface area is 121 Å². The van der Waals surface area contributed by atoms with Gasteiger partial charge in [-0.15, -0.1) is 11.3 Å². The van der Waals surface area contributed by atoms with Gasteiger partial charge in [0.15, 0.2) is 0 Å². The van der Waals surface area contributed by atoms with E-state index in [0.29, 0.717) is 12.2 Å². The molecule has 5 nitrogen and oxygen atoms in total. The molecule has 19 heavy (non-hydrogen) atoms. The highest BCUT2D eigenvalue weighted by molar-refractivity contribution is 9.11. The number of nitro benzene ring substituents is 1. The molecule has 0 aliphatic carbocycles. The molecule has 7 heteroatoms. The zero-order valence-electron chi connectivity index (χ0n) is 9.59. The second kappa shape index (κ2) is 5.82. The molecular weight excluding hydrogens is 330 g/mol. The van der Waals surface area contributed by atoms with E-state index >= 15 is 0 Å². The van der Waals surface area contributed by atoms with Crippen LogP contribution in [0.4, 0.5) is 11.4 Å². The largest absolute Gasteiger partial charge is 0.379 e. The summed E-state index contributed by atoms with van der Waals surface area (Å²) >= 11 is 4.97. The number of nitrogens with zero attached hydrogens (tertiary/aromatic N) is 2. The normalized spacial score (nSPS) is 9.89. The molecule has 0 amide bonds. The maximum Gasteiger partial charge on any atom is 0.270 e. The molecule has 0 aliphatic rings. The topological polar surface area (TPSA) is 79.0 Å². The Morgan fingerprint density at radius 2 is 2.21 bits per heavy atom. The minimum absolute atomic E-state index is 0.0824. The van der Waals surface area contributed by atoms with Gasteiger partial charge in [0.1, 0.15) is 6.07 Å². The van der Waals surface area contributed by atoms with Crippen molar-refractivity contribution >= 4 is 38.6 Å². The first-order chi connectivity index (χ1) is 9.10. The van der Waals surface area contributed by atoms with E-state index in [1.54, 1.807) is 17.4 Å². The molecule has 0 bridgehead atoms.